The molecule has 0 unspecified atom stereocenters. The van der Waals surface area contributed by atoms with Gasteiger partial charge in [-0.2, -0.15) is 0 Å². The second-order valence-corrected chi connectivity index (χ2v) is 5.03. The van der Waals surface area contributed by atoms with Crippen LogP contribution in [0.4, 0.5) is 0 Å². The number of hydrogen-bond acceptors (Lipinski definition) is 3. The minimum absolute atomic E-state index is 0. The van der Waals surface area contributed by atoms with E-state index in [9.17, 15) is 4.79 Å². The van der Waals surface area contributed by atoms with E-state index in [0.29, 0.717) is 19.2 Å². The van der Waals surface area contributed by atoms with Gasteiger partial charge in [-0.15, -0.1) is 12.4 Å². The van der Waals surface area contributed by atoms with Crippen molar-refractivity contribution in [2.24, 2.45) is 5.92 Å². The number of para-hydroxylation sites is 1. The summed E-state index contributed by atoms with van der Waals surface area (Å²) >= 11 is 0. The van der Waals surface area contributed by atoms with Crippen molar-refractivity contribution in [3.8, 4) is 5.75 Å². The second-order valence-electron chi connectivity index (χ2n) is 5.03. The smallest absolute Gasteiger partial charge is 0.223 e. The lowest BCUT2D eigenvalue weighted by atomic mass is 9.92. The highest BCUT2D eigenvalue weighted by atomic mass is 35.5. The van der Waals surface area contributed by atoms with Crippen LogP contribution in [0.1, 0.15) is 19.8 Å². The van der Waals surface area contributed by atoms with E-state index < -0.39 is 0 Å². The summed E-state index contributed by atoms with van der Waals surface area (Å²) in [6, 6.07) is 10.1. The van der Waals surface area contributed by atoms with Crippen LogP contribution in [-0.2, 0) is 4.79 Å². The first kappa shape index (κ1) is 16.8. The van der Waals surface area contributed by atoms with E-state index in [0.717, 1.165) is 25.1 Å². The Morgan fingerprint density at radius 2 is 2.15 bits per heavy atom. The SMILES string of the molecule is C[C@H]1C[C@@H](C(=O)NCCOc2ccccc2)CCN1.Cl. The van der Waals surface area contributed by atoms with Crippen LogP contribution in [-0.4, -0.2) is 31.6 Å². The average molecular weight is 299 g/mol. The van der Waals surface area contributed by atoms with E-state index in [1.165, 1.54) is 0 Å². The predicted molar refractivity (Wildman–Crippen MR) is 82.4 cm³/mol. The molecule has 0 radical (unpaired) electrons. The zero-order chi connectivity index (χ0) is 13.5. The molecule has 2 atom stereocenters. The number of benzene rings is 1. The normalized spacial score (nSPS) is 21.6. The van der Waals surface area contributed by atoms with Crippen LogP contribution in [0.2, 0.25) is 0 Å². The maximum absolute atomic E-state index is 12.0. The maximum Gasteiger partial charge on any atom is 0.223 e. The highest BCUT2D eigenvalue weighted by Gasteiger charge is 2.24. The molecular weight excluding hydrogens is 276 g/mol. The van der Waals surface area contributed by atoms with Gasteiger partial charge < -0.3 is 15.4 Å². The quantitative estimate of drug-likeness (QED) is 0.818. The summed E-state index contributed by atoms with van der Waals surface area (Å²) in [6.07, 6.45) is 1.85. The first-order chi connectivity index (χ1) is 9.25. The Morgan fingerprint density at radius 1 is 1.40 bits per heavy atom. The molecule has 20 heavy (non-hydrogen) atoms. The highest BCUT2D eigenvalue weighted by molar-refractivity contribution is 5.85. The van der Waals surface area contributed by atoms with Crippen LogP contribution in [0.5, 0.6) is 5.75 Å². The summed E-state index contributed by atoms with van der Waals surface area (Å²) in [6.45, 7) is 4.13. The fourth-order valence-electron chi connectivity index (χ4n) is 2.37. The number of carbonyl (C=O) groups is 1. The summed E-state index contributed by atoms with van der Waals surface area (Å²) in [5.74, 6) is 1.14. The summed E-state index contributed by atoms with van der Waals surface area (Å²) in [5, 5.41) is 6.30. The average Bonchev–Trinajstić information content (AvgIpc) is 2.44. The lowest BCUT2D eigenvalue weighted by molar-refractivity contribution is -0.126. The molecule has 0 spiro atoms. The van der Waals surface area contributed by atoms with Crippen molar-refractivity contribution in [3.63, 3.8) is 0 Å². The zero-order valence-electron chi connectivity index (χ0n) is 11.8. The predicted octanol–water partition coefficient (Wildman–Crippen LogP) is 1.99. The van der Waals surface area contributed by atoms with Gasteiger partial charge in [0.1, 0.15) is 12.4 Å². The van der Waals surface area contributed by atoms with Gasteiger partial charge in [-0.3, -0.25) is 4.79 Å². The third-order valence-corrected chi connectivity index (χ3v) is 3.41. The van der Waals surface area contributed by atoms with E-state index in [-0.39, 0.29) is 24.2 Å². The molecule has 0 saturated carbocycles. The number of rotatable bonds is 5. The summed E-state index contributed by atoms with van der Waals surface area (Å²) in [4.78, 5) is 12.0. The third kappa shape index (κ3) is 5.39. The van der Waals surface area contributed by atoms with Crippen LogP contribution >= 0.6 is 12.4 Å². The van der Waals surface area contributed by atoms with Gasteiger partial charge in [-0.1, -0.05) is 18.2 Å². The van der Waals surface area contributed by atoms with Crippen molar-refractivity contribution in [1.29, 1.82) is 0 Å². The molecule has 1 aliphatic rings. The van der Waals surface area contributed by atoms with Crippen LogP contribution in [0.25, 0.3) is 0 Å². The van der Waals surface area contributed by atoms with E-state index in [1.54, 1.807) is 0 Å². The number of carbonyl (C=O) groups excluding carboxylic acids is 1. The molecule has 1 heterocycles. The maximum atomic E-state index is 12.0. The van der Waals surface area contributed by atoms with Gasteiger partial charge in [0.2, 0.25) is 5.91 Å². The van der Waals surface area contributed by atoms with Crippen LogP contribution in [0, 0.1) is 5.92 Å². The van der Waals surface area contributed by atoms with Gasteiger partial charge in [0.05, 0.1) is 6.54 Å². The molecule has 5 heteroatoms. The van der Waals surface area contributed by atoms with Crippen molar-refractivity contribution in [1.82, 2.24) is 10.6 Å². The van der Waals surface area contributed by atoms with Crippen molar-refractivity contribution in [2.75, 3.05) is 19.7 Å². The topological polar surface area (TPSA) is 50.4 Å². The zero-order valence-corrected chi connectivity index (χ0v) is 12.6. The molecule has 1 aliphatic heterocycles. The van der Waals surface area contributed by atoms with Gasteiger partial charge in [-0.05, 0) is 38.4 Å². The van der Waals surface area contributed by atoms with Crippen LogP contribution < -0.4 is 15.4 Å². The molecule has 0 aliphatic carbocycles. The Hall–Kier alpha value is -1.26. The van der Waals surface area contributed by atoms with Gasteiger partial charge in [0.25, 0.3) is 0 Å². The molecule has 1 aromatic carbocycles. The Balaban J connectivity index is 0.00000200. The first-order valence-electron chi connectivity index (χ1n) is 6.94. The monoisotopic (exact) mass is 298 g/mol. The van der Waals surface area contributed by atoms with Crippen LogP contribution in [0.15, 0.2) is 30.3 Å². The highest BCUT2D eigenvalue weighted by Crippen LogP contribution is 2.15. The number of nitrogens with one attached hydrogen (secondary N) is 2. The van der Waals surface area contributed by atoms with E-state index in [2.05, 4.69) is 17.6 Å². The summed E-state index contributed by atoms with van der Waals surface area (Å²) in [5.41, 5.74) is 0. The van der Waals surface area contributed by atoms with Crippen molar-refractivity contribution in [2.45, 2.75) is 25.8 Å². The van der Waals surface area contributed by atoms with Gasteiger partial charge >= 0.3 is 0 Å². The van der Waals surface area contributed by atoms with Gasteiger partial charge in [0, 0.05) is 12.0 Å². The first-order valence-corrected chi connectivity index (χ1v) is 6.94. The van der Waals surface area contributed by atoms with Crippen LogP contribution in [0.3, 0.4) is 0 Å². The Labute approximate surface area is 126 Å². The number of hydrogen-bond donors (Lipinski definition) is 2. The van der Waals surface area contributed by atoms with E-state index >= 15 is 0 Å². The van der Waals surface area contributed by atoms with Crippen molar-refractivity contribution < 1.29 is 9.53 Å². The minimum atomic E-state index is 0. The number of piperidine rings is 1. The molecule has 2 rings (SSSR count). The molecule has 112 valence electrons. The Kier molecular flexibility index (Phi) is 7.41. The van der Waals surface area contributed by atoms with E-state index in [4.69, 9.17) is 4.74 Å². The van der Waals surface area contributed by atoms with Gasteiger partial charge in [-0.25, -0.2) is 0 Å². The second kappa shape index (κ2) is 8.82. The largest absolute Gasteiger partial charge is 0.492 e. The molecule has 1 amide bonds. The number of amides is 1. The lowest BCUT2D eigenvalue weighted by Crippen LogP contribution is -2.43. The summed E-state index contributed by atoms with van der Waals surface area (Å²) in [7, 11) is 0. The molecule has 1 saturated heterocycles. The van der Waals surface area contributed by atoms with E-state index in [1.807, 2.05) is 30.3 Å². The minimum Gasteiger partial charge on any atom is -0.492 e. The molecule has 4 nitrogen and oxygen atoms in total. The Morgan fingerprint density at radius 3 is 2.85 bits per heavy atom. The molecule has 1 aromatic rings. The standard InChI is InChI=1S/C15H22N2O2.ClH/c1-12-11-13(7-8-16-12)15(18)17-9-10-19-14-5-3-2-4-6-14;/h2-6,12-13,16H,7-11H2,1H3,(H,17,18);1H/t12-,13-;/m0./s1. The third-order valence-electron chi connectivity index (χ3n) is 3.41. The fourth-order valence-corrected chi connectivity index (χ4v) is 2.37. The molecule has 0 aromatic heterocycles. The summed E-state index contributed by atoms with van der Waals surface area (Å²) < 4.78 is 5.54. The fraction of sp³-hybridized carbons (Fsp3) is 0.533. The molecular formula is C15H23ClN2O2. The van der Waals surface area contributed by atoms with Crippen molar-refractivity contribution in [3.05, 3.63) is 30.3 Å². The number of halogens is 1. The number of ether oxygens (including phenoxy) is 1. The Bertz CT molecular complexity index is 400. The van der Waals surface area contributed by atoms with Gasteiger partial charge in [0.15, 0.2) is 0 Å². The van der Waals surface area contributed by atoms with Crippen molar-refractivity contribution >= 4 is 18.3 Å². The molecule has 2 N–H and O–H groups in total. The lowest BCUT2D eigenvalue weighted by Gasteiger charge is -2.27. The molecule has 0 bridgehead atoms. The molecule has 1 fully saturated rings.